The zero-order valence-corrected chi connectivity index (χ0v) is 11.6. The second-order valence-corrected chi connectivity index (χ2v) is 6.20. The van der Waals surface area contributed by atoms with Crippen molar-refractivity contribution in [3.8, 4) is 0 Å². The van der Waals surface area contributed by atoms with E-state index in [2.05, 4.69) is 43.7 Å². The number of aromatic nitrogens is 2. The van der Waals surface area contributed by atoms with Crippen molar-refractivity contribution in [1.29, 1.82) is 0 Å². The number of nitrogens with zero attached hydrogens (tertiary/aromatic N) is 2. The molecule has 2 aromatic heterocycles. The first-order chi connectivity index (χ1) is 8.00. The van der Waals surface area contributed by atoms with Crippen molar-refractivity contribution in [1.82, 2.24) is 9.97 Å². The van der Waals surface area contributed by atoms with E-state index in [0.717, 1.165) is 10.5 Å². The molecule has 0 bridgehead atoms. The Morgan fingerprint density at radius 2 is 1.94 bits per heavy atom. The molecule has 0 amide bonds. The Hall–Kier alpha value is -1.00. The van der Waals surface area contributed by atoms with E-state index < -0.39 is 0 Å². The van der Waals surface area contributed by atoms with Crippen LogP contribution in [0.2, 0.25) is 0 Å². The Balaban J connectivity index is 2.60. The summed E-state index contributed by atoms with van der Waals surface area (Å²) in [6.45, 7) is 8.55. The van der Waals surface area contributed by atoms with Crippen LogP contribution in [0.4, 0.5) is 0 Å². The molecule has 0 aliphatic carbocycles. The van der Waals surface area contributed by atoms with Crippen LogP contribution in [0.1, 0.15) is 37.3 Å². The molecule has 0 spiro atoms. The van der Waals surface area contributed by atoms with E-state index in [4.69, 9.17) is 5.73 Å². The first-order valence-electron chi connectivity index (χ1n) is 5.97. The predicted octanol–water partition coefficient (Wildman–Crippen LogP) is 3.09. The van der Waals surface area contributed by atoms with Gasteiger partial charge in [0.25, 0.3) is 0 Å². The summed E-state index contributed by atoms with van der Waals surface area (Å²) in [7, 11) is 0. The molecule has 2 rings (SSSR count). The number of rotatable bonds is 3. The maximum Gasteiger partial charge on any atom is 0.127 e. The molecule has 0 saturated carbocycles. The molecule has 92 valence electrons. The zero-order chi connectivity index (χ0) is 12.6. The molecule has 4 heteroatoms. The number of hydrogen-bond acceptors (Lipinski definition) is 4. The smallest absolute Gasteiger partial charge is 0.127 e. The van der Waals surface area contributed by atoms with E-state index in [1.165, 1.54) is 10.3 Å². The van der Waals surface area contributed by atoms with Gasteiger partial charge in [0.15, 0.2) is 0 Å². The van der Waals surface area contributed by atoms with Crippen LogP contribution in [0.25, 0.3) is 10.2 Å². The van der Waals surface area contributed by atoms with Gasteiger partial charge in [-0.15, -0.1) is 11.3 Å². The maximum absolute atomic E-state index is 6.11. The third-order valence-corrected chi connectivity index (χ3v) is 4.04. The van der Waals surface area contributed by atoms with Crippen LogP contribution < -0.4 is 5.73 Å². The Morgan fingerprint density at radius 1 is 1.24 bits per heavy atom. The van der Waals surface area contributed by atoms with Crippen molar-refractivity contribution in [2.75, 3.05) is 0 Å². The van der Waals surface area contributed by atoms with E-state index in [0.29, 0.717) is 5.92 Å². The van der Waals surface area contributed by atoms with Crippen molar-refractivity contribution >= 4 is 21.6 Å². The highest BCUT2D eigenvalue weighted by atomic mass is 32.1. The Morgan fingerprint density at radius 3 is 2.53 bits per heavy atom. The van der Waals surface area contributed by atoms with E-state index >= 15 is 0 Å². The van der Waals surface area contributed by atoms with Gasteiger partial charge in [-0.25, -0.2) is 9.97 Å². The van der Waals surface area contributed by atoms with Gasteiger partial charge in [0, 0.05) is 22.2 Å². The molecular formula is C13H19N3S. The maximum atomic E-state index is 6.11. The molecule has 2 aromatic rings. The molecule has 3 nitrogen and oxygen atoms in total. The van der Waals surface area contributed by atoms with Gasteiger partial charge in [0.05, 0.1) is 5.69 Å². The van der Waals surface area contributed by atoms with Crippen molar-refractivity contribution in [2.24, 2.45) is 11.7 Å². The van der Waals surface area contributed by atoms with E-state index in [1.807, 2.05) is 0 Å². The molecule has 2 heterocycles. The van der Waals surface area contributed by atoms with Crippen LogP contribution >= 0.6 is 11.3 Å². The SMILES string of the molecule is Cc1cc2c(C(C(C)C)C(C)N)ncnc2s1. The quantitative estimate of drug-likeness (QED) is 0.909. The van der Waals surface area contributed by atoms with E-state index in [1.54, 1.807) is 17.7 Å². The molecule has 2 atom stereocenters. The summed E-state index contributed by atoms with van der Waals surface area (Å²) >= 11 is 1.72. The van der Waals surface area contributed by atoms with Gasteiger partial charge in [-0.05, 0) is 25.8 Å². The lowest BCUT2D eigenvalue weighted by Gasteiger charge is -2.24. The zero-order valence-electron chi connectivity index (χ0n) is 10.8. The van der Waals surface area contributed by atoms with Gasteiger partial charge in [-0.2, -0.15) is 0 Å². The van der Waals surface area contributed by atoms with Crippen LogP contribution in [0.3, 0.4) is 0 Å². The normalized spacial score (nSPS) is 15.4. The topological polar surface area (TPSA) is 51.8 Å². The number of hydrogen-bond donors (Lipinski definition) is 1. The summed E-state index contributed by atoms with van der Waals surface area (Å²) < 4.78 is 0. The minimum atomic E-state index is 0.105. The Kier molecular flexibility index (Phi) is 3.45. The van der Waals surface area contributed by atoms with Gasteiger partial charge in [0.1, 0.15) is 11.2 Å². The fourth-order valence-corrected chi connectivity index (χ4v) is 3.29. The largest absolute Gasteiger partial charge is 0.327 e. The monoisotopic (exact) mass is 249 g/mol. The Labute approximate surface area is 106 Å². The van der Waals surface area contributed by atoms with E-state index in [-0.39, 0.29) is 12.0 Å². The van der Waals surface area contributed by atoms with Gasteiger partial charge in [0.2, 0.25) is 0 Å². The van der Waals surface area contributed by atoms with E-state index in [9.17, 15) is 0 Å². The lowest BCUT2D eigenvalue weighted by Crippen LogP contribution is -2.29. The Bertz CT molecular complexity index is 508. The summed E-state index contributed by atoms with van der Waals surface area (Å²) in [6.07, 6.45) is 1.66. The average Bonchev–Trinajstić information content (AvgIpc) is 2.58. The minimum absolute atomic E-state index is 0.105. The molecular weight excluding hydrogens is 230 g/mol. The molecule has 0 aromatic carbocycles. The summed E-state index contributed by atoms with van der Waals surface area (Å²) in [5.41, 5.74) is 7.21. The molecule has 0 saturated heterocycles. The van der Waals surface area contributed by atoms with Gasteiger partial charge in [-0.1, -0.05) is 13.8 Å². The summed E-state index contributed by atoms with van der Waals surface area (Å²) in [4.78, 5) is 11.1. The average molecular weight is 249 g/mol. The molecule has 17 heavy (non-hydrogen) atoms. The summed E-state index contributed by atoms with van der Waals surface area (Å²) in [5, 5.41) is 1.17. The number of fused-ring (bicyclic) bond motifs is 1. The van der Waals surface area contributed by atoms with Crippen LogP contribution in [0, 0.1) is 12.8 Å². The summed E-state index contributed by atoms with van der Waals surface area (Å²) in [5.74, 6) is 0.766. The van der Waals surface area contributed by atoms with Crippen LogP contribution in [0.15, 0.2) is 12.4 Å². The van der Waals surface area contributed by atoms with Crippen molar-refractivity contribution in [3.63, 3.8) is 0 Å². The lowest BCUT2D eigenvalue weighted by molar-refractivity contribution is 0.429. The van der Waals surface area contributed by atoms with Gasteiger partial charge in [-0.3, -0.25) is 0 Å². The highest BCUT2D eigenvalue weighted by molar-refractivity contribution is 7.18. The van der Waals surface area contributed by atoms with Gasteiger partial charge >= 0.3 is 0 Å². The third kappa shape index (κ3) is 2.33. The van der Waals surface area contributed by atoms with Crippen LogP contribution in [-0.4, -0.2) is 16.0 Å². The van der Waals surface area contributed by atoms with Crippen LogP contribution in [0.5, 0.6) is 0 Å². The second kappa shape index (κ2) is 4.70. The number of thiophene rings is 1. The number of nitrogens with two attached hydrogens (primary N) is 1. The van der Waals surface area contributed by atoms with Crippen molar-refractivity contribution in [2.45, 2.75) is 39.7 Å². The fraction of sp³-hybridized carbons (Fsp3) is 0.538. The molecule has 2 unspecified atom stereocenters. The molecule has 0 aliphatic heterocycles. The lowest BCUT2D eigenvalue weighted by atomic mass is 9.85. The minimum Gasteiger partial charge on any atom is -0.327 e. The third-order valence-electron chi connectivity index (χ3n) is 3.08. The fourth-order valence-electron chi connectivity index (χ4n) is 2.43. The first kappa shape index (κ1) is 12.5. The molecule has 0 radical (unpaired) electrons. The predicted molar refractivity (Wildman–Crippen MR) is 73.4 cm³/mol. The van der Waals surface area contributed by atoms with Gasteiger partial charge < -0.3 is 5.73 Å². The highest BCUT2D eigenvalue weighted by Gasteiger charge is 2.24. The first-order valence-corrected chi connectivity index (χ1v) is 6.79. The standard InChI is InChI=1S/C13H19N3S/c1-7(2)11(9(4)14)12-10-5-8(3)17-13(10)16-6-15-12/h5-7,9,11H,14H2,1-4H3. The van der Waals surface area contributed by atoms with Crippen molar-refractivity contribution < 1.29 is 0 Å². The molecule has 0 aliphatic rings. The second-order valence-electron chi connectivity index (χ2n) is 4.96. The highest BCUT2D eigenvalue weighted by Crippen LogP contribution is 2.33. The summed E-state index contributed by atoms with van der Waals surface area (Å²) in [6, 6.07) is 2.28. The molecule has 2 N–H and O–H groups in total. The molecule has 0 fully saturated rings. The van der Waals surface area contributed by atoms with Crippen LogP contribution in [-0.2, 0) is 0 Å². The number of aryl methyl sites for hydroxylation is 1. The van der Waals surface area contributed by atoms with Crippen molar-refractivity contribution in [3.05, 3.63) is 23.0 Å².